The molecule has 1 heterocycles. The van der Waals surface area contributed by atoms with Crippen molar-refractivity contribution in [2.45, 2.75) is 65.2 Å². The Balaban J connectivity index is 2.18. The molecule has 262 valence electrons. The Morgan fingerprint density at radius 1 is 1.04 bits per heavy atom. The van der Waals surface area contributed by atoms with Crippen molar-refractivity contribution in [1.82, 2.24) is 14.8 Å². The van der Waals surface area contributed by atoms with Crippen LogP contribution < -0.4 is 10.9 Å². The maximum atomic E-state index is 15.9. The van der Waals surface area contributed by atoms with E-state index in [9.17, 15) is 31.9 Å². The molecule has 1 aromatic heterocycles. The summed E-state index contributed by atoms with van der Waals surface area (Å²) in [4.78, 5) is 41.7. The predicted octanol–water partition coefficient (Wildman–Crippen LogP) is 7.93. The van der Waals surface area contributed by atoms with Gasteiger partial charge in [-0.25, -0.2) is 8.78 Å². The van der Waals surface area contributed by atoms with Crippen molar-refractivity contribution in [2.24, 2.45) is 5.92 Å². The van der Waals surface area contributed by atoms with Gasteiger partial charge in [0, 0.05) is 29.9 Å². The number of carbonyl (C=O) groups is 2. The predicted molar refractivity (Wildman–Crippen MR) is 175 cm³/mol. The largest absolute Gasteiger partial charge is 0.466 e. The Morgan fingerprint density at radius 2 is 1.67 bits per heavy atom. The first kappa shape index (κ1) is 39.0. The monoisotopic (exact) mass is 717 g/mol. The number of esters is 1. The summed E-state index contributed by atoms with van der Waals surface area (Å²) in [6.45, 7) is 6.77. The molecule has 0 aliphatic carbocycles. The number of halogens is 7. The van der Waals surface area contributed by atoms with Gasteiger partial charge in [-0.3, -0.25) is 14.4 Å². The van der Waals surface area contributed by atoms with E-state index in [1.54, 1.807) is 39.8 Å². The number of amides is 1. The van der Waals surface area contributed by atoms with Crippen LogP contribution in [0.3, 0.4) is 0 Å². The molecule has 2 atom stereocenters. The molecule has 0 saturated carbocycles. The van der Waals surface area contributed by atoms with Crippen LogP contribution in [0.5, 0.6) is 0 Å². The molecule has 14 heteroatoms. The van der Waals surface area contributed by atoms with Crippen molar-refractivity contribution < 1.29 is 36.3 Å². The lowest BCUT2D eigenvalue weighted by Crippen LogP contribution is -2.41. The Hall–Kier alpha value is -3.48. The molecule has 1 amide bonds. The third-order valence-electron chi connectivity index (χ3n) is 7.58. The van der Waals surface area contributed by atoms with Crippen LogP contribution in [0, 0.1) is 24.5 Å². The highest BCUT2D eigenvalue weighted by Gasteiger charge is 2.36. The summed E-state index contributed by atoms with van der Waals surface area (Å²) >= 11 is 12.6. The van der Waals surface area contributed by atoms with E-state index < -0.39 is 59.3 Å². The molecule has 2 aromatic carbocycles. The summed E-state index contributed by atoms with van der Waals surface area (Å²) in [7, 11) is 3.38. The summed E-state index contributed by atoms with van der Waals surface area (Å²) in [6, 6.07) is 2.60. The van der Waals surface area contributed by atoms with E-state index in [1.165, 1.54) is 19.1 Å². The molecule has 3 rings (SSSR count). The SMILES string of the molecule is CCOC(=O)C[C@H](NC(=O)C(CC(C)C)n1cc(CCN(C)C)c(C(F)(F)F)cc1=O)c1cc(-c2c(Cl)cc(F)cc2Cl)cc(C)c1F. The van der Waals surface area contributed by atoms with Crippen molar-refractivity contribution in [3.05, 3.63) is 90.8 Å². The molecule has 1 unspecified atom stereocenters. The Kier molecular flexibility index (Phi) is 13.2. The summed E-state index contributed by atoms with van der Waals surface area (Å²) in [5, 5.41) is 2.53. The zero-order valence-corrected chi connectivity index (χ0v) is 28.9. The highest BCUT2D eigenvalue weighted by atomic mass is 35.5. The van der Waals surface area contributed by atoms with Gasteiger partial charge < -0.3 is 19.5 Å². The third-order valence-corrected chi connectivity index (χ3v) is 8.17. The molecule has 1 N–H and O–H groups in total. The first-order chi connectivity index (χ1) is 22.3. The molecule has 0 aliphatic heterocycles. The summed E-state index contributed by atoms with van der Waals surface area (Å²) in [5.41, 5.74) is -1.94. The van der Waals surface area contributed by atoms with Crippen LogP contribution in [-0.2, 0) is 26.9 Å². The molecular formula is C34H38Cl2F5N3O4. The quantitative estimate of drug-likeness (QED) is 0.144. The second-order valence-corrected chi connectivity index (χ2v) is 13.0. The number of hydrogen-bond acceptors (Lipinski definition) is 5. The van der Waals surface area contributed by atoms with Crippen molar-refractivity contribution in [3.8, 4) is 11.1 Å². The van der Waals surface area contributed by atoms with Gasteiger partial charge in [0.15, 0.2) is 0 Å². The van der Waals surface area contributed by atoms with Gasteiger partial charge in [0.2, 0.25) is 5.91 Å². The molecule has 0 fully saturated rings. The summed E-state index contributed by atoms with van der Waals surface area (Å²) in [5.74, 6) is -3.30. The number of ether oxygens (including phenoxy) is 1. The average Bonchev–Trinajstić information content (AvgIpc) is 2.95. The highest BCUT2D eigenvalue weighted by molar-refractivity contribution is 6.39. The molecule has 7 nitrogen and oxygen atoms in total. The molecule has 0 spiro atoms. The Bertz CT molecular complexity index is 1690. The van der Waals surface area contributed by atoms with Gasteiger partial charge >= 0.3 is 12.1 Å². The lowest BCUT2D eigenvalue weighted by molar-refractivity contribution is -0.144. The minimum absolute atomic E-state index is 0.00546. The van der Waals surface area contributed by atoms with Gasteiger partial charge in [-0.15, -0.1) is 0 Å². The second-order valence-electron chi connectivity index (χ2n) is 12.2. The Labute approximate surface area is 286 Å². The molecule has 48 heavy (non-hydrogen) atoms. The van der Waals surface area contributed by atoms with Crippen LogP contribution in [0.2, 0.25) is 10.0 Å². The number of pyridine rings is 1. The van der Waals surface area contributed by atoms with Crippen molar-refractivity contribution >= 4 is 35.1 Å². The minimum atomic E-state index is -4.81. The number of alkyl halides is 3. The fourth-order valence-corrected chi connectivity index (χ4v) is 6.02. The van der Waals surface area contributed by atoms with Crippen molar-refractivity contribution in [3.63, 3.8) is 0 Å². The zero-order chi connectivity index (χ0) is 36.1. The highest BCUT2D eigenvalue weighted by Crippen LogP contribution is 2.39. The number of benzene rings is 2. The number of rotatable bonds is 13. The fourth-order valence-electron chi connectivity index (χ4n) is 5.34. The lowest BCUT2D eigenvalue weighted by Gasteiger charge is -2.27. The van der Waals surface area contributed by atoms with Gasteiger partial charge in [-0.05, 0) is 87.7 Å². The van der Waals surface area contributed by atoms with Crippen LogP contribution in [0.15, 0.2) is 41.3 Å². The van der Waals surface area contributed by atoms with Crippen LogP contribution in [0.4, 0.5) is 22.0 Å². The van der Waals surface area contributed by atoms with Gasteiger partial charge in [0.1, 0.15) is 17.7 Å². The Morgan fingerprint density at radius 3 is 2.21 bits per heavy atom. The normalized spacial score (nSPS) is 13.1. The number of nitrogens with zero attached hydrogens (tertiary/aromatic N) is 2. The first-order valence-corrected chi connectivity index (χ1v) is 16.0. The van der Waals surface area contributed by atoms with E-state index in [1.807, 2.05) is 0 Å². The van der Waals surface area contributed by atoms with E-state index in [4.69, 9.17) is 27.9 Å². The molecule has 3 aromatic rings. The second kappa shape index (κ2) is 16.3. The standard InChI is InChI=1S/C34H38Cl2F5N3O4/c1-7-48-30(46)16-27(23-12-21(11-19(4)32(23)38)31-25(35)13-22(37)14-26(31)36)42-33(47)28(10-18(2)3)44-17-20(8-9-43(5)6)24(15-29(44)45)34(39,40)41/h11-15,17-18,27-28H,7-10,16H2,1-6H3,(H,42,47)/t27-,28?/m0/s1. The molecule has 0 saturated heterocycles. The van der Waals surface area contributed by atoms with E-state index in [2.05, 4.69) is 5.32 Å². The number of aromatic nitrogens is 1. The number of likely N-dealkylation sites (N-methyl/N-ethyl adjacent to an activating group) is 1. The fraction of sp³-hybridized carbons (Fsp3) is 0.441. The molecular weight excluding hydrogens is 680 g/mol. The lowest BCUT2D eigenvalue weighted by atomic mass is 9.93. The number of aryl methyl sites for hydroxylation is 1. The molecule has 0 aliphatic rings. The molecule has 0 bridgehead atoms. The number of nitrogens with one attached hydrogen (secondary N) is 1. The van der Waals surface area contributed by atoms with Gasteiger partial charge in [0.25, 0.3) is 5.56 Å². The molecule has 0 radical (unpaired) electrons. The van der Waals surface area contributed by atoms with Gasteiger partial charge in [0.05, 0.1) is 34.7 Å². The number of carbonyl (C=O) groups excluding carboxylic acids is 2. The van der Waals surface area contributed by atoms with E-state index in [0.717, 1.165) is 22.9 Å². The summed E-state index contributed by atoms with van der Waals surface area (Å²) in [6.07, 6.45) is -4.33. The van der Waals surface area contributed by atoms with Crippen LogP contribution in [-0.4, -0.2) is 48.6 Å². The maximum Gasteiger partial charge on any atom is 0.416 e. The maximum absolute atomic E-state index is 15.9. The van der Waals surface area contributed by atoms with E-state index >= 15 is 4.39 Å². The minimum Gasteiger partial charge on any atom is -0.466 e. The van der Waals surface area contributed by atoms with Crippen molar-refractivity contribution in [1.29, 1.82) is 0 Å². The topological polar surface area (TPSA) is 80.6 Å². The van der Waals surface area contributed by atoms with Gasteiger partial charge in [-0.2, -0.15) is 13.2 Å². The van der Waals surface area contributed by atoms with E-state index in [0.29, 0.717) is 6.07 Å². The van der Waals surface area contributed by atoms with Crippen LogP contribution in [0.1, 0.15) is 68.0 Å². The van der Waals surface area contributed by atoms with E-state index in [-0.39, 0.29) is 69.8 Å². The smallest absolute Gasteiger partial charge is 0.416 e. The summed E-state index contributed by atoms with van der Waals surface area (Å²) < 4.78 is 77.7. The first-order valence-electron chi connectivity index (χ1n) is 15.2. The van der Waals surface area contributed by atoms with Crippen LogP contribution >= 0.6 is 23.2 Å². The third kappa shape index (κ3) is 9.79. The number of hydrogen-bond donors (Lipinski definition) is 1. The van der Waals surface area contributed by atoms with Gasteiger partial charge in [-0.1, -0.05) is 37.0 Å². The van der Waals surface area contributed by atoms with Crippen LogP contribution in [0.25, 0.3) is 11.1 Å². The van der Waals surface area contributed by atoms with Crippen molar-refractivity contribution in [2.75, 3.05) is 27.2 Å². The zero-order valence-electron chi connectivity index (χ0n) is 27.4. The average molecular weight is 719 g/mol.